The van der Waals surface area contributed by atoms with E-state index in [0.717, 1.165) is 43.1 Å². The van der Waals surface area contributed by atoms with Gasteiger partial charge >= 0.3 is 0 Å². The zero-order chi connectivity index (χ0) is 15.4. The van der Waals surface area contributed by atoms with E-state index in [4.69, 9.17) is 5.73 Å². The maximum Gasteiger partial charge on any atom is 0.0648 e. The van der Waals surface area contributed by atoms with Crippen LogP contribution < -0.4 is 16.4 Å². The minimum absolute atomic E-state index is 0.171. The molecular formula is C17H35N3. The van der Waals surface area contributed by atoms with Crippen LogP contribution in [0.1, 0.15) is 58.8 Å². The lowest BCUT2D eigenvalue weighted by Crippen LogP contribution is -2.33. The SMILES string of the molecule is C=C(CCCCC(C)C)NC(CCCCNC)C(=C)N. The average Bonchev–Trinajstić information content (AvgIpc) is 2.37. The fraction of sp³-hybridized carbons (Fsp3) is 0.765. The Labute approximate surface area is 126 Å². The zero-order valence-electron chi connectivity index (χ0n) is 13.8. The summed E-state index contributed by atoms with van der Waals surface area (Å²) in [4.78, 5) is 0. The molecule has 0 saturated heterocycles. The van der Waals surface area contributed by atoms with Crippen LogP contribution in [0.25, 0.3) is 0 Å². The smallest absolute Gasteiger partial charge is 0.0648 e. The lowest BCUT2D eigenvalue weighted by Gasteiger charge is -2.21. The second-order valence-corrected chi connectivity index (χ2v) is 6.11. The van der Waals surface area contributed by atoms with E-state index < -0.39 is 0 Å². The Hall–Kier alpha value is -0.960. The summed E-state index contributed by atoms with van der Waals surface area (Å²) >= 11 is 0. The molecular weight excluding hydrogens is 246 g/mol. The van der Waals surface area contributed by atoms with Gasteiger partial charge in [-0.3, -0.25) is 0 Å². The summed E-state index contributed by atoms with van der Waals surface area (Å²) in [5, 5.41) is 6.61. The van der Waals surface area contributed by atoms with Crippen molar-refractivity contribution in [1.29, 1.82) is 0 Å². The van der Waals surface area contributed by atoms with Crippen LogP contribution >= 0.6 is 0 Å². The topological polar surface area (TPSA) is 50.1 Å². The molecule has 0 aliphatic rings. The largest absolute Gasteiger partial charge is 0.401 e. The first kappa shape index (κ1) is 19.0. The quantitative estimate of drug-likeness (QED) is 0.453. The molecule has 0 fully saturated rings. The molecule has 0 rings (SSSR count). The van der Waals surface area contributed by atoms with Crippen molar-refractivity contribution in [2.75, 3.05) is 13.6 Å². The van der Waals surface area contributed by atoms with Gasteiger partial charge in [0.2, 0.25) is 0 Å². The standard InChI is InChI=1S/C17H35N3/c1-14(2)10-6-7-11-15(3)20-17(16(4)18)12-8-9-13-19-5/h14,17,19-20H,3-4,6-13,18H2,1-2,5H3. The lowest BCUT2D eigenvalue weighted by molar-refractivity contribution is 0.509. The van der Waals surface area contributed by atoms with Gasteiger partial charge in [0, 0.05) is 11.4 Å². The summed E-state index contributed by atoms with van der Waals surface area (Å²) in [5.74, 6) is 0.792. The molecule has 0 saturated carbocycles. The molecule has 0 aromatic rings. The highest BCUT2D eigenvalue weighted by Crippen LogP contribution is 2.13. The van der Waals surface area contributed by atoms with Crippen molar-refractivity contribution in [3.05, 3.63) is 24.6 Å². The minimum Gasteiger partial charge on any atom is -0.401 e. The number of unbranched alkanes of at least 4 members (excludes halogenated alkanes) is 2. The van der Waals surface area contributed by atoms with E-state index in [1.165, 1.54) is 25.7 Å². The van der Waals surface area contributed by atoms with Crippen LogP contribution in [-0.2, 0) is 0 Å². The minimum atomic E-state index is 0.171. The monoisotopic (exact) mass is 281 g/mol. The molecule has 0 spiro atoms. The second-order valence-electron chi connectivity index (χ2n) is 6.11. The van der Waals surface area contributed by atoms with Gasteiger partial charge in [0.1, 0.15) is 0 Å². The predicted molar refractivity (Wildman–Crippen MR) is 90.5 cm³/mol. The van der Waals surface area contributed by atoms with Gasteiger partial charge < -0.3 is 16.4 Å². The van der Waals surface area contributed by atoms with Gasteiger partial charge in [-0.2, -0.15) is 0 Å². The molecule has 0 aliphatic heterocycles. The first-order valence-corrected chi connectivity index (χ1v) is 8.00. The Bertz CT molecular complexity index is 271. The van der Waals surface area contributed by atoms with Crippen LogP contribution in [0.15, 0.2) is 24.6 Å². The Morgan fingerprint density at radius 2 is 1.70 bits per heavy atom. The van der Waals surface area contributed by atoms with Crippen LogP contribution in [0.4, 0.5) is 0 Å². The van der Waals surface area contributed by atoms with E-state index in [0.29, 0.717) is 0 Å². The van der Waals surface area contributed by atoms with E-state index in [-0.39, 0.29) is 6.04 Å². The van der Waals surface area contributed by atoms with Crippen LogP contribution in [0, 0.1) is 5.92 Å². The van der Waals surface area contributed by atoms with Gasteiger partial charge in [-0.25, -0.2) is 0 Å². The van der Waals surface area contributed by atoms with Crippen molar-refractivity contribution >= 4 is 0 Å². The van der Waals surface area contributed by atoms with E-state index in [1.54, 1.807) is 0 Å². The van der Waals surface area contributed by atoms with Crippen molar-refractivity contribution in [2.45, 2.75) is 64.8 Å². The highest BCUT2D eigenvalue weighted by atomic mass is 14.9. The third kappa shape index (κ3) is 10.9. The lowest BCUT2D eigenvalue weighted by atomic mass is 10.0. The van der Waals surface area contributed by atoms with Crippen molar-refractivity contribution in [3.63, 3.8) is 0 Å². The summed E-state index contributed by atoms with van der Waals surface area (Å²) in [6.45, 7) is 13.6. The Kier molecular flexibility index (Phi) is 11.3. The average molecular weight is 281 g/mol. The van der Waals surface area contributed by atoms with E-state index in [9.17, 15) is 0 Å². The molecule has 3 nitrogen and oxygen atoms in total. The summed E-state index contributed by atoms with van der Waals surface area (Å²) in [7, 11) is 1.98. The summed E-state index contributed by atoms with van der Waals surface area (Å²) < 4.78 is 0. The third-order valence-electron chi connectivity index (χ3n) is 3.51. The first-order chi connectivity index (χ1) is 9.47. The number of hydrogen-bond donors (Lipinski definition) is 3. The maximum absolute atomic E-state index is 5.88. The Morgan fingerprint density at radius 3 is 2.25 bits per heavy atom. The first-order valence-electron chi connectivity index (χ1n) is 8.00. The van der Waals surface area contributed by atoms with E-state index in [2.05, 4.69) is 37.6 Å². The molecule has 0 aromatic heterocycles. The van der Waals surface area contributed by atoms with Gasteiger partial charge in [0.25, 0.3) is 0 Å². The van der Waals surface area contributed by atoms with Crippen LogP contribution in [0.5, 0.6) is 0 Å². The Balaban J connectivity index is 3.87. The molecule has 20 heavy (non-hydrogen) atoms. The normalized spacial score (nSPS) is 12.4. The van der Waals surface area contributed by atoms with Crippen molar-refractivity contribution < 1.29 is 0 Å². The summed E-state index contributed by atoms with van der Waals surface area (Å²) in [6.07, 6.45) is 8.15. The number of nitrogens with one attached hydrogen (secondary N) is 2. The second kappa shape index (κ2) is 11.8. The number of hydrogen-bond acceptors (Lipinski definition) is 3. The highest BCUT2D eigenvalue weighted by Gasteiger charge is 2.10. The van der Waals surface area contributed by atoms with Crippen LogP contribution in [-0.4, -0.2) is 19.6 Å². The summed E-state index contributed by atoms with van der Waals surface area (Å²) in [5.41, 5.74) is 7.70. The zero-order valence-corrected chi connectivity index (χ0v) is 13.8. The van der Waals surface area contributed by atoms with Crippen molar-refractivity contribution in [3.8, 4) is 0 Å². The number of allylic oxidation sites excluding steroid dienone is 1. The van der Waals surface area contributed by atoms with Crippen LogP contribution in [0.2, 0.25) is 0 Å². The fourth-order valence-electron chi connectivity index (χ4n) is 2.21. The maximum atomic E-state index is 5.88. The molecule has 0 amide bonds. The molecule has 0 aromatic carbocycles. The number of rotatable bonds is 13. The molecule has 3 heteroatoms. The molecule has 0 aliphatic carbocycles. The van der Waals surface area contributed by atoms with E-state index in [1.807, 2.05) is 7.05 Å². The van der Waals surface area contributed by atoms with Crippen molar-refractivity contribution in [1.82, 2.24) is 10.6 Å². The molecule has 4 N–H and O–H groups in total. The van der Waals surface area contributed by atoms with E-state index >= 15 is 0 Å². The summed E-state index contributed by atoms with van der Waals surface area (Å²) in [6, 6.07) is 0.171. The highest BCUT2D eigenvalue weighted by molar-refractivity contribution is 5.06. The fourth-order valence-corrected chi connectivity index (χ4v) is 2.21. The molecule has 0 bridgehead atoms. The predicted octanol–water partition coefficient (Wildman–Crippen LogP) is 3.54. The number of nitrogens with two attached hydrogens (primary N) is 1. The Morgan fingerprint density at radius 1 is 1.05 bits per heavy atom. The molecule has 118 valence electrons. The molecule has 0 heterocycles. The van der Waals surface area contributed by atoms with Gasteiger partial charge in [-0.15, -0.1) is 0 Å². The molecule has 1 atom stereocenters. The molecule has 0 radical (unpaired) electrons. The molecule has 1 unspecified atom stereocenters. The van der Waals surface area contributed by atoms with Gasteiger partial charge in [0.15, 0.2) is 0 Å². The third-order valence-corrected chi connectivity index (χ3v) is 3.51. The van der Waals surface area contributed by atoms with Crippen LogP contribution in [0.3, 0.4) is 0 Å². The van der Waals surface area contributed by atoms with Crippen molar-refractivity contribution in [2.24, 2.45) is 11.7 Å². The van der Waals surface area contributed by atoms with Gasteiger partial charge in [-0.05, 0) is 51.6 Å². The van der Waals surface area contributed by atoms with Gasteiger partial charge in [-0.1, -0.05) is 39.8 Å². The van der Waals surface area contributed by atoms with Gasteiger partial charge in [0.05, 0.1) is 6.04 Å².